The Balaban J connectivity index is 2.09. The molecule has 0 heterocycles. The Morgan fingerprint density at radius 1 is 1.21 bits per heavy atom. The van der Waals surface area contributed by atoms with Crippen molar-refractivity contribution in [1.29, 1.82) is 0 Å². The van der Waals surface area contributed by atoms with Crippen LogP contribution < -0.4 is 5.32 Å². The van der Waals surface area contributed by atoms with E-state index in [9.17, 15) is 9.90 Å². The summed E-state index contributed by atoms with van der Waals surface area (Å²) >= 11 is 0. The molecule has 19 heavy (non-hydrogen) atoms. The van der Waals surface area contributed by atoms with Crippen molar-refractivity contribution >= 4 is 16.7 Å². The van der Waals surface area contributed by atoms with E-state index in [1.165, 1.54) is 6.92 Å². The SMILES string of the molecule is CC(O)(CNCc1cccc2ccccc12)C(=O)O. The van der Waals surface area contributed by atoms with Crippen LogP contribution in [0.4, 0.5) is 0 Å². The van der Waals surface area contributed by atoms with Crippen molar-refractivity contribution in [2.24, 2.45) is 0 Å². The smallest absolute Gasteiger partial charge is 0.336 e. The molecule has 0 aliphatic rings. The van der Waals surface area contributed by atoms with Crippen LogP contribution in [0, 0.1) is 0 Å². The van der Waals surface area contributed by atoms with E-state index < -0.39 is 11.6 Å². The van der Waals surface area contributed by atoms with E-state index in [0.29, 0.717) is 6.54 Å². The zero-order valence-corrected chi connectivity index (χ0v) is 10.8. The molecular weight excluding hydrogens is 242 g/mol. The van der Waals surface area contributed by atoms with Gasteiger partial charge in [-0.25, -0.2) is 4.79 Å². The molecule has 0 saturated carbocycles. The first-order valence-electron chi connectivity index (χ1n) is 6.14. The van der Waals surface area contributed by atoms with E-state index in [4.69, 9.17) is 5.11 Å². The summed E-state index contributed by atoms with van der Waals surface area (Å²) in [4.78, 5) is 10.8. The first-order valence-corrected chi connectivity index (χ1v) is 6.14. The molecule has 0 fully saturated rings. The van der Waals surface area contributed by atoms with Gasteiger partial charge < -0.3 is 15.5 Å². The fraction of sp³-hybridized carbons (Fsp3) is 0.267. The largest absolute Gasteiger partial charge is 0.479 e. The van der Waals surface area contributed by atoms with Crippen LogP contribution >= 0.6 is 0 Å². The summed E-state index contributed by atoms with van der Waals surface area (Å²) in [7, 11) is 0. The van der Waals surface area contributed by atoms with E-state index in [2.05, 4.69) is 5.32 Å². The summed E-state index contributed by atoms with van der Waals surface area (Å²) in [5, 5.41) is 23.7. The van der Waals surface area contributed by atoms with Crippen molar-refractivity contribution < 1.29 is 15.0 Å². The van der Waals surface area contributed by atoms with E-state index in [1.807, 2.05) is 42.5 Å². The van der Waals surface area contributed by atoms with Gasteiger partial charge in [0.1, 0.15) is 0 Å². The summed E-state index contributed by atoms with van der Waals surface area (Å²) < 4.78 is 0. The number of fused-ring (bicyclic) bond motifs is 1. The lowest BCUT2D eigenvalue weighted by Crippen LogP contribution is -2.44. The number of carboxylic acid groups (broad SMARTS) is 1. The predicted octanol–water partition coefficient (Wildman–Crippen LogP) is 1.77. The van der Waals surface area contributed by atoms with Gasteiger partial charge in [0.25, 0.3) is 0 Å². The zero-order valence-electron chi connectivity index (χ0n) is 10.8. The summed E-state index contributed by atoms with van der Waals surface area (Å²) in [6.07, 6.45) is 0. The monoisotopic (exact) mass is 259 g/mol. The van der Waals surface area contributed by atoms with E-state index in [-0.39, 0.29) is 6.54 Å². The van der Waals surface area contributed by atoms with Gasteiger partial charge in [-0.3, -0.25) is 0 Å². The highest BCUT2D eigenvalue weighted by atomic mass is 16.4. The summed E-state index contributed by atoms with van der Waals surface area (Å²) in [6.45, 7) is 1.81. The highest BCUT2D eigenvalue weighted by Crippen LogP contribution is 2.18. The molecule has 4 heteroatoms. The Hall–Kier alpha value is -1.91. The zero-order chi connectivity index (χ0) is 13.9. The first kappa shape index (κ1) is 13.5. The molecule has 0 radical (unpaired) electrons. The van der Waals surface area contributed by atoms with Crippen LogP contribution in [-0.2, 0) is 11.3 Å². The Morgan fingerprint density at radius 2 is 1.89 bits per heavy atom. The molecule has 3 N–H and O–H groups in total. The average molecular weight is 259 g/mol. The molecule has 100 valence electrons. The fourth-order valence-corrected chi connectivity index (χ4v) is 1.96. The predicted molar refractivity (Wildman–Crippen MR) is 73.9 cm³/mol. The second-order valence-corrected chi connectivity index (χ2v) is 4.82. The number of benzene rings is 2. The summed E-state index contributed by atoms with van der Waals surface area (Å²) in [6, 6.07) is 14.0. The standard InChI is InChI=1S/C15H17NO3/c1-15(19,14(17)18)10-16-9-12-7-4-6-11-5-2-3-8-13(11)12/h2-8,16,19H,9-10H2,1H3,(H,17,18). The van der Waals surface area contributed by atoms with Crippen LogP contribution in [0.3, 0.4) is 0 Å². The third-order valence-electron chi connectivity index (χ3n) is 3.13. The normalized spacial score (nSPS) is 14.2. The Bertz CT molecular complexity index is 587. The van der Waals surface area contributed by atoms with E-state index in [0.717, 1.165) is 16.3 Å². The number of aliphatic carboxylic acids is 1. The third-order valence-corrected chi connectivity index (χ3v) is 3.13. The summed E-state index contributed by atoms with van der Waals surface area (Å²) in [5.74, 6) is -1.22. The topological polar surface area (TPSA) is 69.6 Å². The van der Waals surface area contributed by atoms with Gasteiger partial charge in [-0.1, -0.05) is 42.5 Å². The molecule has 4 nitrogen and oxygen atoms in total. The van der Waals surface area contributed by atoms with Gasteiger partial charge in [0.05, 0.1) is 0 Å². The van der Waals surface area contributed by atoms with Gasteiger partial charge in [0.15, 0.2) is 5.60 Å². The molecule has 0 bridgehead atoms. The number of aliphatic hydroxyl groups is 1. The van der Waals surface area contributed by atoms with E-state index >= 15 is 0 Å². The molecule has 1 atom stereocenters. The highest BCUT2D eigenvalue weighted by molar-refractivity contribution is 5.85. The number of carboxylic acids is 1. The number of hydrogen-bond acceptors (Lipinski definition) is 3. The third kappa shape index (κ3) is 3.10. The molecule has 2 rings (SSSR count). The first-order chi connectivity index (χ1) is 9.00. The molecule has 0 aliphatic carbocycles. The van der Waals surface area contributed by atoms with E-state index in [1.54, 1.807) is 0 Å². The number of nitrogens with one attached hydrogen (secondary N) is 1. The second-order valence-electron chi connectivity index (χ2n) is 4.82. The molecule has 0 aliphatic heterocycles. The van der Waals surface area contributed by atoms with Gasteiger partial charge >= 0.3 is 5.97 Å². The molecule has 0 amide bonds. The highest BCUT2D eigenvalue weighted by Gasteiger charge is 2.29. The maximum Gasteiger partial charge on any atom is 0.336 e. The van der Waals surface area contributed by atoms with Gasteiger partial charge in [-0.15, -0.1) is 0 Å². The van der Waals surface area contributed by atoms with Gasteiger partial charge in [-0.05, 0) is 23.3 Å². The Kier molecular flexibility index (Phi) is 3.83. The molecule has 0 spiro atoms. The van der Waals surface area contributed by atoms with Crippen molar-refractivity contribution in [1.82, 2.24) is 5.32 Å². The molecule has 0 aromatic heterocycles. The maximum atomic E-state index is 10.8. The number of rotatable bonds is 5. The van der Waals surface area contributed by atoms with Crippen LogP contribution in [0.1, 0.15) is 12.5 Å². The van der Waals surface area contributed by atoms with Gasteiger partial charge in [0, 0.05) is 13.1 Å². The van der Waals surface area contributed by atoms with Crippen molar-refractivity contribution in [3.63, 3.8) is 0 Å². The lowest BCUT2D eigenvalue weighted by atomic mass is 10.0. The lowest BCUT2D eigenvalue weighted by Gasteiger charge is -2.18. The molecule has 2 aromatic carbocycles. The minimum Gasteiger partial charge on any atom is -0.479 e. The van der Waals surface area contributed by atoms with Gasteiger partial charge in [0.2, 0.25) is 0 Å². The quantitative estimate of drug-likeness (QED) is 0.765. The van der Waals surface area contributed by atoms with Crippen LogP contribution in [-0.4, -0.2) is 28.3 Å². The minimum absolute atomic E-state index is 0.00551. The minimum atomic E-state index is -1.75. The fourth-order valence-electron chi connectivity index (χ4n) is 1.96. The number of hydrogen-bond donors (Lipinski definition) is 3. The van der Waals surface area contributed by atoms with Crippen molar-refractivity contribution in [2.75, 3.05) is 6.54 Å². The van der Waals surface area contributed by atoms with Gasteiger partial charge in [-0.2, -0.15) is 0 Å². The number of carbonyl (C=O) groups is 1. The maximum absolute atomic E-state index is 10.8. The Morgan fingerprint density at radius 3 is 2.63 bits per heavy atom. The summed E-state index contributed by atoms with van der Waals surface area (Å²) in [5.41, 5.74) is -0.663. The molecular formula is C15H17NO3. The van der Waals surface area contributed by atoms with Crippen LogP contribution in [0.2, 0.25) is 0 Å². The molecule has 2 aromatic rings. The van der Waals surface area contributed by atoms with Crippen molar-refractivity contribution in [3.8, 4) is 0 Å². The Labute approximate surface area is 111 Å². The second kappa shape index (κ2) is 5.38. The van der Waals surface area contributed by atoms with Crippen molar-refractivity contribution in [3.05, 3.63) is 48.0 Å². The van der Waals surface area contributed by atoms with Crippen molar-refractivity contribution in [2.45, 2.75) is 19.1 Å². The lowest BCUT2D eigenvalue weighted by molar-refractivity contribution is -0.156. The average Bonchev–Trinajstić information content (AvgIpc) is 2.38. The molecule has 0 saturated heterocycles. The molecule has 1 unspecified atom stereocenters. The van der Waals surface area contributed by atoms with Crippen LogP contribution in [0.5, 0.6) is 0 Å². The van der Waals surface area contributed by atoms with Crippen LogP contribution in [0.15, 0.2) is 42.5 Å². The van der Waals surface area contributed by atoms with Crippen LogP contribution in [0.25, 0.3) is 10.8 Å².